The molecule has 2 aromatic carbocycles. The van der Waals surface area contributed by atoms with Gasteiger partial charge in [-0.15, -0.1) is 0 Å². The standard InChI is InChI=1S/C19H21N3O4/c1-2-25-19(24)13-3-6-15(7-4-13)21-18(23)12-22-9-10-26-17-11-14(20)5-8-16(17)22/h3-8,11H,2,9-10,12,20H2,1H3,(H,21,23). The number of rotatable bonds is 5. The van der Waals surface area contributed by atoms with Gasteiger partial charge in [0.25, 0.3) is 0 Å². The zero-order valence-corrected chi connectivity index (χ0v) is 14.5. The van der Waals surface area contributed by atoms with Gasteiger partial charge in [0.15, 0.2) is 0 Å². The van der Waals surface area contributed by atoms with Crippen molar-refractivity contribution in [2.24, 2.45) is 0 Å². The highest BCUT2D eigenvalue weighted by molar-refractivity contribution is 5.95. The number of nitrogen functional groups attached to an aromatic ring is 1. The van der Waals surface area contributed by atoms with Crippen molar-refractivity contribution < 1.29 is 19.1 Å². The largest absolute Gasteiger partial charge is 0.489 e. The Hall–Kier alpha value is -3.22. The lowest BCUT2D eigenvalue weighted by Gasteiger charge is -2.30. The molecule has 1 aliphatic rings. The molecule has 1 heterocycles. The predicted molar refractivity (Wildman–Crippen MR) is 99.6 cm³/mol. The molecule has 0 radical (unpaired) electrons. The third-order valence-electron chi connectivity index (χ3n) is 3.96. The van der Waals surface area contributed by atoms with Crippen LogP contribution in [-0.2, 0) is 9.53 Å². The molecule has 0 fully saturated rings. The second-order valence-electron chi connectivity index (χ2n) is 5.84. The molecular formula is C19H21N3O4. The van der Waals surface area contributed by atoms with Crippen LogP contribution in [0.25, 0.3) is 0 Å². The van der Waals surface area contributed by atoms with Gasteiger partial charge in [0.05, 0.1) is 30.9 Å². The van der Waals surface area contributed by atoms with Crippen LogP contribution in [0.2, 0.25) is 0 Å². The molecule has 2 aromatic rings. The van der Waals surface area contributed by atoms with E-state index in [0.717, 1.165) is 5.69 Å². The van der Waals surface area contributed by atoms with Crippen LogP contribution in [0.5, 0.6) is 5.75 Å². The maximum Gasteiger partial charge on any atom is 0.338 e. The zero-order valence-electron chi connectivity index (χ0n) is 14.5. The van der Waals surface area contributed by atoms with E-state index >= 15 is 0 Å². The van der Waals surface area contributed by atoms with Gasteiger partial charge in [0.2, 0.25) is 5.91 Å². The molecule has 0 unspecified atom stereocenters. The third-order valence-corrected chi connectivity index (χ3v) is 3.96. The van der Waals surface area contributed by atoms with Crippen molar-refractivity contribution in [3.63, 3.8) is 0 Å². The number of anilines is 3. The SMILES string of the molecule is CCOC(=O)c1ccc(NC(=O)CN2CCOc3cc(N)ccc32)cc1. The Bertz CT molecular complexity index is 805. The van der Waals surface area contributed by atoms with Crippen molar-refractivity contribution >= 4 is 28.9 Å². The van der Waals surface area contributed by atoms with E-state index in [1.54, 1.807) is 43.3 Å². The smallest absolute Gasteiger partial charge is 0.338 e. The highest BCUT2D eigenvalue weighted by Crippen LogP contribution is 2.33. The molecule has 3 N–H and O–H groups in total. The number of esters is 1. The molecule has 0 saturated heterocycles. The first kappa shape index (κ1) is 17.6. The summed E-state index contributed by atoms with van der Waals surface area (Å²) in [5.74, 6) is 0.149. The molecule has 1 amide bonds. The van der Waals surface area contributed by atoms with E-state index in [0.29, 0.717) is 42.4 Å². The van der Waals surface area contributed by atoms with Gasteiger partial charge in [0.1, 0.15) is 12.4 Å². The number of nitrogens with one attached hydrogen (secondary N) is 1. The number of fused-ring (bicyclic) bond motifs is 1. The molecule has 7 nitrogen and oxygen atoms in total. The average molecular weight is 355 g/mol. The van der Waals surface area contributed by atoms with Gasteiger partial charge in [-0.25, -0.2) is 4.79 Å². The second-order valence-corrected chi connectivity index (χ2v) is 5.84. The summed E-state index contributed by atoms with van der Waals surface area (Å²) < 4.78 is 10.5. The fraction of sp³-hybridized carbons (Fsp3) is 0.263. The molecule has 1 aliphatic heterocycles. The van der Waals surface area contributed by atoms with Crippen molar-refractivity contribution in [3.8, 4) is 5.75 Å². The molecule has 0 aliphatic carbocycles. The van der Waals surface area contributed by atoms with Crippen LogP contribution in [0.4, 0.5) is 17.1 Å². The van der Waals surface area contributed by atoms with E-state index in [1.807, 2.05) is 11.0 Å². The van der Waals surface area contributed by atoms with E-state index in [9.17, 15) is 9.59 Å². The first-order valence-electron chi connectivity index (χ1n) is 8.41. The topological polar surface area (TPSA) is 93.9 Å². The van der Waals surface area contributed by atoms with Crippen molar-refractivity contribution in [2.45, 2.75) is 6.92 Å². The quantitative estimate of drug-likeness (QED) is 0.631. The number of hydrogen-bond acceptors (Lipinski definition) is 6. The predicted octanol–water partition coefficient (Wildman–Crippen LogP) is 2.28. The van der Waals surface area contributed by atoms with E-state index in [2.05, 4.69) is 5.32 Å². The molecule has 0 bridgehead atoms. The van der Waals surface area contributed by atoms with Crippen LogP contribution in [0.3, 0.4) is 0 Å². The van der Waals surface area contributed by atoms with Gasteiger partial charge < -0.3 is 25.4 Å². The minimum Gasteiger partial charge on any atom is -0.489 e. The average Bonchev–Trinajstić information content (AvgIpc) is 2.62. The fourth-order valence-electron chi connectivity index (χ4n) is 2.74. The van der Waals surface area contributed by atoms with E-state index in [-0.39, 0.29) is 18.4 Å². The van der Waals surface area contributed by atoms with Gasteiger partial charge in [-0.3, -0.25) is 4.79 Å². The van der Waals surface area contributed by atoms with Crippen molar-refractivity contribution in [1.82, 2.24) is 0 Å². The number of carbonyl (C=O) groups excluding carboxylic acids is 2. The normalized spacial score (nSPS) is 12.7. The molecule has 7 heteroatoms. The lowest BCUT2D eigenvalue weighted by atomic mass is 10.2. The minimum atomic E-state index is -0.380. The van der Waals surface area contributed by atoms with Crippen molar-refractivity contribution in [2.75, 3.05) is 42.3 Å². The van der Waals surface area contributed by atoms with Gasteiger partial charge in [-0.1, -0.05) is 0 Å². The van der Waals surface area contributed by atoms with Crippen LogP contribution >= 0.6 is 0 Å². The van der Waals surface area contributed by atoms with Crippen molar-refractivity contribution in [3.05, 3.63) is 48.0 Å². The Morgan fingerprint density at radius 3 is 2.73 bits per heavy atom. The minimum absolute atomic E-state index is 0.154. The number of nitrogens with two attached hydrogens (primary N) is 1. The highest BCUT2D eigenvalue weighted by Gasteiger charge is 2.20. The number of nitrogens with zero attached hydrogens (tertiary/aromatic N) is 1. The summed E-state index contributed by atoms with van der Waals surface area (Å²) in [4.78, 5) is 26.0. The first-order valence-corrected chi connectivity index (χ1v) is 8.41. The van der Waals surface area contributed by atoms with Crippen LogP contribution in [0.15, 0.2) is 42.5 Å². The summed E-state index contributed by atoms with van der Waals surface area (Å²) in [5, 5.41) is 2.83. The summed E-state index contributed by atoms with van der Waals surface area (Å²) in [6.45, 7) is 3.39. The molecule has 0 atom stereocenters. The van der Waals surface area contributed by atoms with Crippen LogP contribution in [0, 0.1) is 0 Å². The number of benzene rings is 2. The molecule has 0 saturated carbocycles. The van der Waals surface area contributed by atoms with Crippen molar-refractivity contribution in [1.29, 1.82) is 0 Å². The van der Waals surface area contributed by atoms with Gasteiger partial charge in [-0.05, 0) is 43.3 Å². The summed E-state index contributed by atoms with van der Waals surface area (Å²) in [7, 11) is 0. The molecule has 26 heavy (non-hydrogen) atoms. The van der Waals surface area contributed by atoms with Crippen LogP contribution in [0.1, 0.15) is 17.3 Å². The Morgan fingerprint density at radius 1 is 1.23 bits per heavy atom. The Morgan fingerprint density at radius 2 is 2.00 bits per heavy atom. The molecule has 0 spiro atoms. The Kier molecular flexibility index (Phi) is 5.26. The summed E-state index contributed by atoms with van der Waals surface area (Å²) in [6, 6.07) is 12.0. The fourth-order valence-corrected chi connectivity index (χ4v) is 2.74. The maximum atomic E-state index is 12.4. The van der Waals surface area contributed by atoms with E-state index < -0.39 is 0 Å². The number of hydrogen-bond donors (Lipinski definition) is 2. The Balaban J connectivity index is 1.62. The molecule has 3 rings (SSSR count). The van der Waals surface area contributed by atoms with E-state index in [4.69, 9.17) is 15.2 Å². The zero-order chi connectivity index (χ0) is 18.5. The lowest BCUT2D eigenvalue weighted by Crippen LogP contribution is -2.38. The summed E-state index contributed by atoms with van der Waals surface area (Å²) in [6.07, 6.45) is 0. The monoisotopic (exact) mass is 355 g/mol. The number of ether oxygens (including phenoxy) is 2. The number of amides is 1. The Labute approximate surface area is 151 Å². The second kappa shape index (κ2) is 7.77. The first-order chi connectivity index (χ1) is 12.6. The van der Waals surface area contributed by atoms with Crippen LogP contribution in [-0.4, -0.2) is 38.2 Å². The third kappa shape index (κ3) is 4.05. The molecule has 0 aromatic heterocycles. The number of carbonyl (C=O) groups is 2. The van der Waals surface area contributed by atoms with Gasteiger partial charge in [-0.2, -0.15) is 0 Å². The molecule has 136 valence electrons. The highest BCUT2D eigenvalue weighted by atomic mass is 16.5. The van der Waals surface area contributed by atoms with Crippen LogP contribution < -0.4 is 20.7 Å². The van der Waals surface area contributed by atoms with Gasteiger partial charge >= 0.3 is 5.97 Å². The van der Waals surface area contributed by atoms with E-state index in [1.165, 1.54) is 0 Å². The summed E-state index contributed by atoms with van der Waals surface area (Å²) in [5.41, 5.74) is 8.31. The maximum absolute atomic E-state index is 12.4. The lowest BCUT2D eigenvalue weighted by molar-refractivity contribution is -0.115. The summed E-state index contributed by atoms with van der Waals surface area (Å²) >= 11 is 0. The van der Waals surface area contributed by atoms with Gasteiger partial charge in [0, 0.05) is 17.4 Å². The molecular weight excluding hydrogens is 334 g/mol.